The van der Waals surface area contributed by atoms with Gasteiger partial charge >= 0.3 is 5.97 Å². The predicted molar refractivity (Wildman–Crippen MR) is 123 cm³/mol. The van der Waals surface area contributed by atoms with Crippen molar-refractivity contribution in [1.82, 2.24) is 0 Å². The molecule has 2 aromatic carbocycles. The molecule has 3 rings (SSSR count). The average molecular weight is 421 g/mol. The van der Waals surface area contributed by atoms with Crippen molar-refractivity contribution in [2.45, 2.75) is 64.6 Å². The third kappa shape index (κ3) is 5.26. The first kappa shape index (κ1) is 22.8. The van der Waals surface area contributed by atoms with Crippen molar-refractivity contribution in [2.75, 3.05) is 0 Å². The number of rotatable bonds is 7. The largest absolute Gasteiger partial charge is 0.508 e. The van der Waals surface area contributed by atoms with E-state index in [2.05, 4.69) is 12.2 Å². The lowest BCUT2D eigenvalue weighted by atomic mass is 9.74. The first-order chi connectivity index (χ1) is 14.7. The minimum absolute atomic E-state index is 0.252. The molecule has 4 nitrogen and oxygen atoms in total. The molecule has 1 heterocycles. The zero-order chi connectivity index (χ0) is 22.6. The third-order valence-corrected chi connectivity index (χ3v) is 5.82. The van der Waals surface area contributed by atoms with Crippen molar-refractivity contribution >= 4 is 5.97 Å². The van der Waals surface area contributed by atoms with Gasteiger partial charge in [0, 0.05) is 12.8 Å². The molecule has 1 saturated heterocycles. The Hall–Kier alpha value is -2.85. The van der Waals surface area contributed by atoms with E-state index in [1.54, 1.807) is 6.07 Å². The fourth-order valence-electron chi connectivity index (χ4n) is 4.23. The van der Waals surface area contributed by atoms with Crippen LogP contribution in [0.4, 0.5) is 0 Å². The Kier molecular flexibility index (Phi) is 7.01. The summed E-state index contributed by atoms with van der Waals surface area (Å²) in [5.41, 5.74) is 4.07. The minimum Gasteiger partial charge on any atom is -0.508 e. The summed E-state index contributed by atoms with van der Waals surface area (Å²) in [5, 5.41) is 21.1. The molecule has 164 valence electrons. The van der Waals surface area contributed by atoms with Crippen molar-refractivity contribution in [2.24, 2.45) is 0 Å². The summed E-state index contributed by atoms with van der Waals surface area (Å²) < 4.78 is 5.94. The van der Waals surface area contributed by atoms with Crippen molar-refractivity contribution < 1.29 is 19.7 Å². The standard InChI is InChI=1S/C27H32O4/c1-18(2)10-12-22-16-20(11-13-23(22)28)17-27(15-14-19(3)4)24(25(29)26(30)31-27)21-8-6-5-7-9-21/h5-11,13-14,16,24-25,28-29H,12,15,17H2,1-4H3/t24?,25?,27-/m1/s1. The normalized spacial score (nSPS) is 22.7. The average Bonchev–Trinajstić information content (AvgIpc) is 2.97. The lowest BCUT2D eigenvalue weighted by Gasteiger charge is -2.34. The van der Waals surface area contributed by atoms with Gasteiger partial charge in [-0.15, -0.1) is 0 Å². The molecule has 3 atom stereocenters. The van der Waals surface area contributed by atoms with Gasteiger partial charge in [0.2, 0.25) is 0 Å². The second kappa shape index (κ2) is 9.52. The van der Waals surface area contributed by atoms with E-state index in [0.29, 0.717) is 19.3 Å². The van der Waals surface area contributed by atoms with Crippen LogP contribution in [0.5, 0.6) is 5.75 Å². The first-order valence-electron chi connectivity index (χ1n) is 10.8. The number of aliphatic hydroxyl groups is 1. The predicted octanol–water partition coefficient (Wildman–Crippen LogP) is 5.24. The van der Waals surface area contributed by atoms with Crippen LogP contribution in [0.2, 0.25) is 0 Å². The maximum atomic E-state index is 12.6. The van der Waals surface area contributed by atoms with Crippen LogP contribution in [0.1, 0.15) is 56.7 Å². The maximum Gasteiger partial charge on any atom is 0.336 e. The van der Waals surface area contributed by atoms with E-state index < -0.39 is 23.6 Å². The van der Waals surface area contributed by atoms with Gasteiger partial charge in [-0.05, 0) is 56.9 Å². The van der Waals surface area contributed by atoms with Crippen LogP contribution >= 0.6 is 0 Å². The van der Waals surface area contributed by atoms with E-state index in [-0.39, 0.29) is 5.75 Å². The first-order valence-corrected chi connectivity index (χ1v) is 10.8. The van der Waals surface area contributed by atoms with E-state index in [4.69, 9.17) is 4.74 Å². The van der Waals surface area contributed by atoms with Crippen LogP contribution in [0.25, 0.3) is 0 Å². The van der Waals surface area contributed by atoms with Gasteiger partial charge in [0.25, 0.3) is 0 Å². The Morgan fingerprint density at radius 1 is 1.03 bits per heavy atom. The fourth-order valence-corrected chi connectivity index (χ4v) is 4.23. The van der Waals surface area contributed by atoms with Crippen LogP contribution in [0.15, 0.2) is 71.8 Å². The lowest BCUT2D eigenvalue weighted by Crippen LogP contribution is -2.38. The number of cyclic esters (lactones) is 1. The van der Waals surface area contributed by atoms with E-state index in [1.807, 2.05) is 70.2 Å². The molecular weight excluding hydrogens is 388 g/mol. The summed E-state index contributed by atoms with van der Waals surface area (Å²) in [7, 11) is 0. The number of allylic oxidation sites excluding steroid dienone is 3. The quantitative estimate of drug-likeness (QED) is 0.475. The summed E-state index contributed by atoms with van der Waals surface area (Å²) in [6.07, 6.45) is 4.50. The fraction of sp³-hybridized carbons (Fsp3) is 0.370. The number of phenols is 1. The van der Waals surface area contributed by atoms with E-state index in [1.165, 1.54) is 5.57 Å². The molecule has 0 amide bonds. The zero-order valence-electron chi connectivity index (χ0n) is 18.8. The monoisotopic (exact) mass is 420 g/mol. The van der Waals surface area contributed by atoms with Gasteiger partial charge in [0.05, 0.1) is 5.92 Å². The number of hydrogen-bond acceptors (Lipinski definition) is 4. The summed E-state index contributed by atoms with van der Waals surface area (Å²) in [4.78, 5) is 12.6. The Balaban J connectivity index is 2.05. The molecule has 0 aromatic heterocycles. The molecular formula is C27H32O4. The summed E-state index contributed by atoms with van der Waals surface area (Å²) in [6.45, 7) is 8.07. The van der Waals surface area contributed by atoms with E-state index in [0.717, 1.165) is 22.3 Å². The SMILES string of the molecule is CC(C)=CCc1cc(C[C@@]2(CC=C(C)C)OC(=O)C(O)C2c2ccccc2)ccc1O. The van der Waals surface area contributed by atoms with Crippen molar-refractivity contribution in [3.05, 3.63) is 88.5 Å². The smallest absolute Gasteiger partial charge is 0.336 e. The van der Waals surface area contributed by atoms with E-state index in [9.17, 15) is 15.0 Å². The summed E-state index contributed by atoms with van der Waals surface area (Å²) >= 11 is 0. The molecule has 0 spiro atoms. The van der Waals surface area contributed by atoms with Gasteiger partial charge in [-0.2, -0.15) is 0 Å². The van der Waals surface area contributed by atoms with Gasteiger partial charge in [-0.3, -0.25) is 0 Å². The van der Waals surface area contributed by atoms with Gasteiger partial charge in [0.15, 0.2) is 6.10 Å². The number of carbonyl (C=O) groups excluding carboxylic acids is 1. The highest BCUT2D eigenvalue weighted by Crippen LogP contribution is 2.46. The highest BCUT2D eigenvalue weighted by molar-refractivity contribution is 5.80. The van der Waals surface area contributed by atoms with Crippen molar-refractivity contribution in [3.63, 3.8) is 0 Å². The summed E-state index contributed by atoms with van der Waals surface area (Å²) in [5.74, 6) is -0.811. The Morgan fingerprint density at radius 3 is 2.35 bits per heavy atom. The molecule has 0 aliphatic carbocycles. The second-order valence-corrected chi connectivity index (χ2v) is 8.93. The van der Waals surface area contributed by atoms with Crippen molar-refractivity contribution in [1.29, 1.82) is 0 Å². The number of phenolic OH excluding ortho intramolecular Hbond substituents is 1. The van der Waals surface area contributed by atoms with Crippen LogP contribution in [-0.4, -0.2) is 27.9 Å². The molecule has 1 aliphatic heterocycles. The molecule has 1 fully saturated rings. The molecule has 0 radical (unpaired) electrons. The summed E-state index contributed by atoms with van der Waals surface area (Å²) in [6, 6.07) is 15.1. The Labute approximate surface area is 184 Å². The van der Waals surface area contributed by atoms with E-state index >= 15 is 0 Å². The zero-order valence-corrected chi connectivity index (χ0v) is 18.8. The third-order valence-electron chi connectivity index (χ3n) is 5.82. The molecule has 4 heteroatoms. The van der Waals surface area contributed by atoms with Crippen LogP contribution in [0, 0.1) is 0 Å². The van der Waals surface area contributed by atoms with Crippen molar-refractivity contribution in [3.8, 4) is 5.75 Å². The highest BCUT2D eigenvalue weighted by Gasteiger charge is 2.55. The lowest BCUT2D eigenvalue weighted by molar-refractivity contribution is -0.152. The van der Waals surface area contributed by atoms with Gasteiger partial charge in [-0.25, -0.2) is 4.79 Å². The van der Waals surface area contributed by atoms with Gasteiger partial charge in [-0.1, -0.05) is 65.8 Å². The number of benzene rings is 2. The Bertz CT molecular complexity index is 982. The number of esters is 1. The number of carbonyl (C=O) groups is 1. The number of hydrogen-bond donors (Lipinski definition) is 2. The molecule has 1 aliphatic rings. The molecule has 2 N–H and O–H groups in total. The van der Waals surface area contributed by atoms with Crippen LogP contribution in [0.3, 0.4) is 0 Å². The maximum absolute atomic E-state index is 12.6. The molecule has 2 unspecified atom stereocenters. The minimum atomic E-state index is -1.21. The number of ether oxygens (including phenoxy) is 1. The highest BCUT2D eigenvalue weighted by atomic mass is 16.6. The molecule has 0 saturated carbocycles. The molecule has 31 heavy (non-hydrogen) atoms. The molecule has 2 aromatic rings. The topological polar surface area (TPSA) is 66.8 Å². The van der Waals surface area contributed by atoms with Crippen LogP contribution in [-0.2, 0) is 22.4 Å². The second-order valence-electron chi connectivity index (χ2n) is 8.93. The van der Waals surface area contributed by atoms with Gasteiger partial charge in [0.1, 0.15) is 11.4 Å². The van der Waals surface area contributed by atoms with Crippen LogP contribution < -0.4 is 0 Å². The van der Waals surface area contributed by atoms with Gasteiger partial charge < -0.3 is 14.9 Å². The molecule has 0 bridgehead atoms. The number of aliphatic hydroxyl groups excluding tert-OH is 1. The number of aromatic hydroxyl groups is 1. The Morgan fingerprint density at radius 2 is 1.71 bits per heavy atom.